The molecule has 2 aromatic rings. The lowest BCUT2D eigenvalue weighted by Gasteiger charge is -2.18. The van der Waals surface area contributed by atoms with E-state index in [-0.39, 0.29) is 5.91 Å². The van der Waals surface area contributed by atoms with Gasteiger partial charge in [-0.05, 0) is 37.5 Å². The van der Waals surface area contributed by atoms with Gasteiger partial charge in [-0.3, -0.25) is 4.79 Å². The Morgan fingerprint density at radius 3 is 2.92 bits per heavy atom. The maximum Gasteiger partial charge on any atom is 0.254 e. The third-order valence-electron chi connectivity index (χ3n) is 5.02. The van der Waals surface area contributed by atoms with Crippen LogP contribution in [0.25, 0.3) is 16.6 Å². The van der Waals surface area contributed by atoms with Crippen molar-refractivity contribution in [1.29, 1.82) is 0 Å². The second kappa shape index (κ2) is 5.56. The number of hydrogen-bond donors (Lipinski definition) is 1. The zero-order chi connectivity index (χ0) is 16.8. The van der Waals surface area contributed by atoms with Crippen LogP contribution < -0.4 is 0 Å². The molecule has 2 aliphatic rings. The average molecular weight is 320 g/mol. The second-order valence-corrected chi connectivity index (χ2v) is 6.45. The van der Waals surface area contributed by atoms with E-state index in [2.05, 4.69) is 6.07 Å². The summed E-state index contributed by atoms with van der Waals surface area (Å²) in [5.41, 5.74) is 5.27. The number of amides is 1. The summed E-state index contributed by atoms with van der Waals surface area (Å²) in [6.45, 7) is 4.29. The minimum Gasteiger partial charge on any atom is -0.389 e. The van der Waals surface area contributed by atoms with Gasteiger partial charge in [0.2, 0.25) is 0 Å². The van der Waals surface area contributed by atoms with Gasteiger partial charge in [0.15, 0.2) is 0 Å². The molecule has 4 heteroatoms. The molecule has 3 heterocycles. The Bertz CT molecular complexity index is 911. The molecule has 0 saturated heterocycles. The first kappa shape index (κ1) is 15.1. The summed E-state index contributed by atoms with van der Waals surface area (Å²) in [6, 6.07) is 10.1. The van der Waals surface area contributed by atoms with Crippen LogP contribution in [0.4, 0.5) is 0 Å². The fourth-order valence-electron chi connectivity index (χ4n) is 3.61. The number of benzene rings is 1. The van der Waals surface area contributed by atoms with E-state index in [1.807, 2.05) is 44.2 Å². The van der Waals surface area contributed by atoms with Crippen LogP contribution in [0.3, 0.4) is 0 Å². The van der Waals surface area contributed by atoms with Gasteiger partial charge in [0.05, 0.1) is 29.6 Å². The van der Waals surface area contributed by atoms with Crippen LogP contribution in [0.5, 0.6) is 0 Å². The van der Waals surface area contributed by atoms with Crippen molar-refractivity contribution in [3.05, 3.63) is 58.8 Å². The molecule has 24 heavy (non-hydrogen) atoms. The highest BCUT2D eigenvalue weighted by atomic mass is 16.3. The molecule has 1 aromatic heterocycles. The third-order valence-corrected chi connectivity index (χ3v) is 5.02. The molecule has 1 amide bonds. The number of pyridine rings is 1. The monoisotopic (exact) mass is 320 g/mol. The van der Waals surface area contributed by atoms with E-state index in [9.17, 15) is 9.90 Å². The summed E-state index contributed by atoms with van der Waals surface area (Å²) in [5.74, 6) is -0.0247. The van der Waals surface area contributed by atoms with E-state index in [1.54, 1.807) is 4.90 Å². The predicted octanol–water partition coefficient (Wildman–Crippen LogP) is 3.41. The van der Waals surface area contributed by atoms with Gasteiger partial charge in [0.1, 0.15) is 0 Å². The molecular weight excluding hydrogens is 300 g/mol. The number of hydrogen-bond acceptors (Lipinski definition) is 3. The van der Waals surface area contributed by atoms with E-state index in [4.69, 9.17) is 4.98 Å². The molecule has 4 rings (SSSR count). The number of carbonyl (C=O) groups is 1. The molecule has 0 saturated carbocycles. The van der Waals surface area contributed by atoms with Crippen molar-refractivity contribution < 1.29 is 9.90 Å². The topological polar surface area (TPSA) is 53.4 Å². The van der Waals surface area contributed by atoms with Crippen molar-refractivity contribution in [3.63, 3.8) is 0 Å². The highest BCUT2D eigenvalue weighted by molar-refractivity contribution is 6.02. The maximum absolute atomic E-state index is 12.9. The van der Waals surface area contributed by atoms with Crippen molar-refractivity contribution in [1.82, 2.24) is 9.88 Å². The summed E-state index contributed by atoms with van der Waals surface area (Å²) in [6.07, 6.45) is 2.68. The largest absolute Gasteiger partial charge is 0.389 e. The Kier molecular flexibility index (Phi) is 3.50. The van der Waals surface area contributed by atoms with E-state index in [0.717, 1.165) is 33.4 Å². The van der Waals surface area contributed by atoms with Crippen LogP contribution in [0.1, 0.15) is 37.9 Å². The second-order valence-electron chi connectivity index (χ2n) is 6.45. The van der Waals surface area contributed by atoms with Crippen LogP contribution in [0.15, 0.2) is 47.6 Å². The van der Waals surface area contributed by atoms with Crippen LogP contribution in [-0.4, -0.2) is 27.0 Å². The third kappa shape index (κ3) is 2.18. The molecule has 1 unspecified atom stereocenters. The fraction of sp³-hybridized carbons (Fsp3) is 0.300. The van der Waals surface area contributed by atoms with Gasteiger partial charge in [-0.15, -0.1) is 0 Å². The number of rotatable bonds is 2. The fourth-order valence-corrected chi connectivity index (χ4v) is 3.61. The quantitative estimate of drug-likeness (QED) is 0.922. The smallest absolute Gasteiger partial charge is 0.254 e. The molecular formula is C20H20N2O2. The maximum atomic E-state index is 12.9. The van der Waals surface area contributed by atoms with Crippen molar-refractivity contribution >= 4 is 22.5 Å². The molecule has 122 valence electrons. The summed E-state index contributed by atoms with van der Waals surface area (Å²) < 4.78 is 0. The highest BCUT2D eigenvalue weighted by Crippen LogP contribution is 2.38. The van der Waals surface area contributed by atoms with Crippen molar-refractivity contribution in [3.8, 4) is 0 Å². The summed E-state index contributed by atoms with van der Waals surface area (Å²) >= 11 is 0. The summed E-state index contributed by atoms with van der Waals surface area (Å²) in [5, 5.41) is 11.3. The summed E-state index contributed by atoms with van der Waals surface area (Å²) in [4.78, 5) is 19.5. The van der Waals surface area contributed by atoms with Gasteiger partial charge in [-0.1, -0.05) is 31.2 Å². The molecule has 4 nitrogen and oxygen atoms in total. The average Bonchev–Trinajstić information content (AvgIpc) is 2.90. The lowest BCUT2D eigenvalue weighted by Crippen LogP contribution is -2.26. The number of fused-ring (bicyclic) bond motifs is 4. The first-order chi connectivity index (χ1) is 11.6. The molecule has 0 spiro atoms. The highest BCUT2D eigenvalue weighted by Gasteiger charge is 2.34. The van der Waals surface area contributed by atoms with Gasteiger partial charge in [-0.25, -0.2) is 4.98 Å². The number of allylic oxidation sites excluding steroid dienone is 1. The number of carbonyl (C=O) groups excluding carboxylic acids is 1. The number of aliphatic hydroxyl groups excluding tert-OH is 1. The molecule has 0 aliphatic carbocycles. The number of aliphatic hydroxyl groups is 1. The van der Waals surface area contributed by atoms with Crippen LogP contribution in [-0.2, 0) is 11.3 Å². The SMILES string of the molecule is CCC(O)C1=C(C)C(=O)N2Cc3cc4ccccc4nc3C2=CC1. The number of nitrogens with zero attached hydrogens (tertiary/aromatic N) is 2. The minimum atomic E-state index is -0.560. The zero-order valence-electron chi connectivity index (χ0n) is 13.9. The first-order valence-corrected chi connectivity index (χ1v) is 8.39. The Labute approximate surface area is 141 Å². The molecule has 1 aromatic carbocycles. The summed E-state index contributed by atoms with van der Waals surface area (Å²) in [7, 11) is 0. The Hall–Kier alpha value is -2.46. The zero-order valence-corrected chi connectivity index (χ0v) is 13.9. The molecule has 0 radical (unpaired) electrons. The molecule has 2 aliphatic heterocycles. The molecule has 1 atom stereocenters. The van der Waals surface area contributed by atoms with Gasteiger partial charge >= 0.3 is 0 Å². The molecule has 1 N–H and O–H groups in total. The molecule has 0 fully saturated rings. The normalized spacial score (nSPS) is 18.4. The Morgan fingerprint density at radius 1 is 1.33 bits per heavy atom. The van der Waals surface area contributed by atoms with E-state index in [1.165, 1.54) is 0 Å². The Morgan fingerprint density at radius 2 is 2.12 bits per heavy atom. The van der Waals surface area contributed by atoms with Crippen molar-refractivity contribution in [2.24, 2.45) is 0 Å². The number of aromatic nitrogens is 1. The van der Waals surface area contributed by atoms with E-state index >= 15 is 0 Å². The minimum absolute atomic E-state index is 0.0247. The molecule has 0 bridgehead atoms. The van der Waals surface area contributed by atoms with Gasteiger partial charge in [-0.2, -0.15) is 0 Å². The van der Waals surface area contributed by atoms with Gasteiger partial charge < -0.3 is 10.0 Å². The van der Waals surface area contributed by atoms with E-state index in [0.29, 0.717) is 25.0 Å². The Balaban J connectivity index is 1.83. The lowest BCUT2D eigenvalue weighted by atomic mass is 9.98. The van der Waals surface area contributed by atoms with E-state index < -0.39 is 6.10 Å². The van der Waals surface area contributed by atoms with Gasteiger partial charge in [0.25, 0.3) is 5.91 Å². The van der Waals surface area contributed by atoms with Crippen molar-refractivity contribution in [2.45, 2.75) is 39.3 Å². The van der Waals surface area contributed by atoms with Gasteiger partial charge in [0, 0.05) is 16.5 Å². The predicted molar refractivity (Wildman–Crippen MR) is 93.9 cm³/mol. The number of para-hydroxylation sites is 1. The van der Waals surface area contributed by atoms with Crippen LogP contribution in [0.2, 0.25) is 0 Å². The lowest BCUT2D eigenvalue weighted by molar-refractivity contribution is -0.124. The van der Waals surface area contributed by atoms with Crippen molar-refractivity contribution in [2.75, 3.05) is 0 Å². The van der Waals surface area contributed by atoms with Crippen LogP contribution in [0, 0.1) is 0 Å². The standard InChI is InChI=1S/C20H20N2O2/c1-3-18(23)15-8-9-17-19-14(11-22(17)20(24)12(15)2)10-13-6-4-5-7-16(13)21-19/h4-7,9-10,18,23H,3,8,11H2,1-2H3. The first-order valence-electron chi connectivity index (χ1n) is 8.39. The van der Waals surface area contributed by atoms with Crippen LogP contribution >= 0.6 is 0 Å².